The van der Waals surface area contributed by atoms with Gasteiger partial charge in [0.2, 0.25) is 0 Å². The average molecular weight is 421 g/mol. The number of nitrogens with zero attached hydrogens (tertiary/aromatic N) is 1. The van der Waals surface area contributed by atoms with Crippen LogP contribution in [0, 0.1) is 6.92 Å². The molecule has 0 aliphatic carbocycles. The molecule has 0 heterocycles. The summed E-state index contributed by atoms with van der Waals surface area (Å²) in [5, 5.41) is 2.97. The lowest BCUT2D eigenvalue weighted by Crippen LogP contribution is -2.35. The van der Waals surface area contributed by atoms with E-state index in [1.165, 1.54) is 0 Å². The van der Waals surface area contributed by atoms with Crippen LogP contribution in [0.5, 0.6) is 0 Å². The van der Waals surface area contributed by atoms with Crippen LogP contribution >= 0.6 is 15.9 Å². The number of carbonyl (C=O) groups excluding carboxylic acids is 1. The standard InChI is InChI=1S/C23H21BrN2O/c1-18-12-14-22(15-13-18)26(16-6-9-19-7-3-2-4-8-19)23(27)25-21-11-5-10-20(24)17-21/h2-15,17H,16H2,1H3,(H,25,27)/b9-6+. The zero-order valence-electron chi connectivity index (χ0n) is 15.1. The molecule has 3 aromatic carbocycles. The fraction of sp³-hybridized carbons (Fsp3) is 0.0870. The molecule has 1 N–H and O–H groups in total. The van der Waals surface area contributed by atoms with Gasteiger partial charge in [-0.05, 0) is 42.8 Å². The summed E-state index contributed by atoms with van der Waals surface area (Å²) in [4.78, 5) is 14.6. The number of halogens is 1. The van der Waals surface area contributed by atoms with Gasteiger partial charge in [-0.2, -0.15) is 0 Å². The molecule has 0 bridgehead atoms. The SMILES string of the molecule is Cc1ccc(N(C/C=C/c2ccccc2)C(=O)Nc2cccc(Br)c2)cc1. The zero-order valence-corrected chi connectivity index (χ0v) is 16.7. The minimum atomic E-state index is -0.172. The van der Waals surface area contributed by atoms with Gasteiger partial charge in [0, 0.05) is 22.4 Å². The molecule has 3 aromatic rings. The highest BCUT2D eigenvalue weighted by atomic mass is 79.9. The number of hydrogen-bond donors (Lipinski definition) is 1. The molecule has 0 unspecified atom stereocenters. The summed E-state index contributed by atoms with van der Waals surface area (Å²) in [5.41, 5.74) is 3.86. The Kier molecular flexibility index (Phi) is 6.44. The Balaban J connectivity index is 1.79. The highest BCUT2D eigenvalue weighted by Crippen LogP contribution is 2.19. The van der Waals surface area contributed by atoms with Gasteiger partial charge < -0.3 is 5.32 Å². The fourth-order valence-electron chi connectivity index (χ4n) is 2.65. The minimum Gasteiger partial charge on any atom is -0.307 e. The predicted octanol–water partition coefficient (Wildman–Crippen LogP) is 6.51. The van der Waals surface area contributed by atoms with Crippen molar-refractivity contribution in [1.29, 1.82) is 0 Å². The van der Waals surface area contributed by atoms with Crippen molar-refractivity contribution >= 4 is 39.4 Å². The molecule has 4 heteroatoms. The van der Waals surface area contributed by atoms with Crippen molar-refractivity contribution in [2.75, 3.05) is 16.8 Å². The Labute approximate surface area is 168 Å². The van der Waals surface area contributed by atoms with Gasteiger partial charge in [0.05, 0.1) is 0 Å². The number of benzene rings is 3. The van der Waals surface area contributed by atoms with E-state index in [0.29, 0.717) is 6.54 Å². The topological polar surface area (TPSA) is 32.3 Å². The second-order valence-electron chi connectivity index (χ2n) is 6.20. The van der Waals surface area contributed by atoms with Gasteiger partial charge >= 0.3 is 6.03 Å². The third kappa shape index (κ3) is 5.56. The molecule has 0 fully saturated rings. The molecule has 27 heavy (non-hydrogen) atoms. The summed E-state index contributed by atoms with van der Waals surface area (Å²) >= 11 is 3.43. The van der Waals surface area contributed by atoms with Gasteiger partial charge in [0.15, 0.2) is 0 Å². The third-order valence-corrected chi connectivity index (χ3v) is 4.56. The molecule has 0 aliphatic heterocycles. The molecule has 0 saturated carbocycles. The minimum absolute atomic E-state index is 0.172. The maximum atomic E-state index is 12.9. The first kappa shape index (κ1) is 18.9. The Morgan fingerprint density at radius 1 is 1.00 bits per heavy atom. The number of anilines is 2. The van der Waals surface area contributed by atoms with E-state index in [0.717, 1.165) is 27.0 Å². The number of rotatable bonds is 5. The molecule has 0 atom stereocenters. The monoisotopic (exact) mass is 420 g/mol. The first-order valence-corrected chi connectivity index (χ1v) is 9.53. The van der Waals surface area contributed by atoms with Crippen molar-refractivity contribution in [2.24, 2.45) is 0 Å². The number of urea groups is 1. The van der Waals surface area contributed by atoms with Gasteiger partial charge in [-0.25, -0.2) is 4.79 Å². The lowest BCUT2D eigenvalue weighted by molar-refractivity contribution is 0.257. The van der Waals surface area contributed by atoms with Crippen LogP contribution in [0.3, 0.4) is 0 Å². The van der Waals surface area contributed by atoms with Gasteiger partial charge in [0.1, 0.15) is 0 Å². The van der Waals surface area contributed by atoms with Gasteiger partial charge in [0.25, 0.3) is 0 Å². The summed E-state index contributed by atoms with van der Waals surface area (Å²) in [6.45, 7) is 2.50. The van der Waals surface area contributed by atoms with Gasteiger partial charge in [-0.1, -0.05) is 82.2 Å². The predicted molar refractivity (Wildman–Crippen MR) is 117 cm³/mol. The highest BCUT2D eigenvalue weighted by molar-refractivity contribution is 9.10. The van der Waals surface area contributed by atoms with Crippen molar-refractivity contribution in [3.8, 4) is 0 Å². The quantitative estimate of drug-likeness (QED) is 0.501. The molecule has 0 aromatic heterocycles. The molecule has 0 aliphatic rings. The van der Waals surface area contributed by atoms with Crippen LogP contribution in [0.25, 0.3) is 6.08 Å². The Morgan fingerprint density at radius 3 is 2.44 bits per heavy atom. The molecule has 0 radical (unpaired) electrons. The summed E-state index contributed by atoms with van der Waals surface area (Å²) in [5.74, 6) is 0. The first-order chi connectivity index (χ1) is 13.1. The lowest BCUT2D eigenvalue weighted by atomic mass is 10.2. The van der Waals surface area contributed by atoms with E-state index in [2.05, 4.69) is 21.2 Å². The van der Waals surface area contributed by atoms with Crippen LogP contribution in [0.4, 0.5) is 16.2 Å². The van der Waals surface area contributed by atoms with E-state index in [1.807, 2.05) is 97.9 Å². The second kappa shape index (κ2) is 9.19. The van der Waals surface area contributed by atoms with Crippen molar-refractivity contribution in [3.63, 3.8) is 0 Å². The summed E-state index contributed by atoms with van der Waals surface area (Å²) in [6.07, 6.45) is 4.02. The summed E-state index contributed by atoms with van der Waals surface area (Å²) in [6, 6.07) is 25.4. The average Bonchev–Trinajstić information content (AvgIpc) is 2.67. The van der Waals surface area contributed by atoms with Crippen LogP contribution < -0.4 is 10.2 Å². The van der Waals surface area contributed by atoms with Crippen molar-refractivity contribution in [2.45, 2.75) is 6.92 Å². The molecule has 0 saturated heterocycles. The van der Waals surface area contributed by atoms with Crippen LogP contribution in [-0.2, 0) is 0 Å². The highest BCUT2D eigenvalue weighted by Gasteiger charge is 2.14. The molecule has 2 amide bonds. The van der Waals surface area contributed by atoms with E-state index < -0.39 is 0 Å². The normalized spacial score (nSPS) is 10.7. The summed E-state index contributed by atoms with van der Waals surface area (Å²) < 4.78 is 0.922. The Hall–Kier alpha value is -2.85. The fourth-order valence-corrected chi connectivity index (χ4v) is 3.05. The van der Waals surface area contributed by atoms with Gasteiger partial charge in [-0.15, -0.1) is 0 Å². The largest absolute Gasteiger partial charge is 0.326 e. The molecule has 3 rings (SSSR count). The smallest absolute Gasteiger partial charge is 0.307 e. The number of nitrogens with one attached hydrogen (secondary N) is 1. The van der Waals surface area contributed by atoms with Crippen molar-refractivity contribution in [3.05, 3.63) is 101 Å². The van der Waals surface area contributed by atoms with Gasteiger partial charge in [-0.3, -0.25) is 4.90 Å². The molecular formula is C23H21BrN2O. The number of amides is 2. The lowest BCUT2D eigenvalue weighted by Gasteiger charge is -2.22. The van der Waals surface area contributed by atoms with E-state index in [1.54, 1.807) is 4.90 Å². The van der Waals surface area contributed by atoms with Crippen LogP contribution in [0.1, 0.15) is 11.1 Å². The number of carbonyl (C=O) groups is 1. The Bertz CT molecular complexity index is 921. The third-order valence-electron chi connectivity index (χ3n) is 4.06. The first-order valence-electron chi connectivity index (χ1n) is 8.74. The maximum absolute atomic E-state index is 12.9. The second-order valence-corrected chi connectivity index (χ2v) is 7.12. The molecule has 3 nitrogen and oxygen atoms in total. The van der Waals surface area contributed by atoms with Crippen LogP contribution in [-0.4, -0.2) is 12.6 Å². The van der Waals surface area contributed by atoms with E-state index in [4.69, 9.17) is 0 Å². The van der Waals surface area contributed by atoms with Crippen molar-refractivity contribution < 1.29 is 4.79 Å². The maximum Gasteiger partial charge on any atom is 0.326 e. The molecule has 0 spiro atoms. The van der Waals surface area contributed by atoms with Crippen LogP contribution in [0.15, 0.2) is 89.4 Å². The Morgan fingerprint density at radius 2 is 1.74 bits per heavy atom. The summed E-state index contributed by atoms with van der Waals surface area (Å²) in [7, 11) is 0. The zero-order chi connectivity index (χ0) is 19.1. The molecule has 136 valence electrons. The molecular weight excluding hydrogens is 400 g/mol. The number of hydrogen-bond acceptors (Lipinski definition) is 1. The van der Waals surface area contributed by atoms with E-state index in [9.17, 15) is 4.79 Å². The van der Waals surface area contributed by atoms with Crippen LogP contribution in [0.2, 0.25) is 0 Å². The van der Waals surface area contributed by atoms with E-state index in [-0.39, 0.29) is 6.03 Å². The number of aryl methyl sites for hydroxylation is 1. The van der Waals surface area contributed by atoms with Crippen molar-refractivity contribution in [1.82, 2.24) is 0 Å². The van der Waals surface area contributed by atoms with E-state index >= 15 is 0 Å².